The van der Waals surface area contributed by atoms with Crippen LogP contribution in [0.3, 0.4) is 0 Å². The zero-order chi connectivity index (χ0) is 24.1. The van der Waals surface area contributed by atoms with Crippen molar-refractivity contribution in [2.45, 2.75) is 6.42 Å². The van der Waals surface area contributed by atoms with E-state index < -0.39 is 59.0 Å². The van der Waals surface area contributed by atoms with Crippen molar-refractivity contribution in [1.29, 1.82) is 0 Å². The minimum atomic E-state index is -2.36. The number of esters is 1. The Morgan fingerprint density at radius 3 is 1.76 bits per heavy atom. The molecule has 33 heavy (non-hydrogen) atoms. The van der Waals surface area contributed by atoms with Crippen LogP contribution in [0.5, 0.6) is 5.75 Å². The fourth-order valence-corrected chi connectivity index (χ4v) is 2.91. The minimum Gasteiger partial charge on any atom is -0.420 e. The Kier molecular flexibility index (Phi) is 7.71. The fraction of sp³-hybridized carbons (Fsp3) is 0.286. The average Bonchev–Trinajstić information content (AvgIpc) is 3.05. The molecule has 0 saturated heterocycles. The third-order valence-electron chi connectivity index (χ3n) is 4.55. The number of hydrogen-bond acceptors (Lipinski definition) is 6. The quantitative estimate of drug-likeness (QED) is 0.100. The number of carbonyl (C=O) groups is 3. The Hall–Kier alpha value is -3.38. The summed E-state index contributed by atoms with van der Waals surface area (Å²) in [5, 5.41) is 0. The van der Waals surface area contributed by atoms with Gasteiger partial charge >= 0.3 is 5.97 Å². The van der Waals surface area contributed by atoms with E-state index in [2.05, 4.69) is 4.74 Å². The van der Waals surface area contributed by atoms with E-state index in [1.165, 1.54) is 0 Å². The lowest BCUT2D eigenvalue weighted by molar-refractivity contribution is -0.136. The van der Waals surface area contributed by atoms with Gasteiger partial charge in [0.1, 0.15) is 0 Å². The van der Waals surface area contributed by atoms with Gasteiger partial charge in [0.2, 0.25) is 34.8 Å². The third-order valence-corrected chi connectivity index (χ3v) is 4.55. The molecule has 0 bridgehead atoms. The molecule has 1 aliphatic heterocycles. The van der Waals surface area contributed by atoms with E-state index in [0.29, 0.717) is 11.1 Å². The van der Waals surface area contributed by atoms with Crippen molar-refractivity contribution in [2.24, 2.45) is 0 Å². The number of ether oxygens (including phenoxy) is 3. The molecule has 12 heteroatoms. The van der Waals surface area contributed by atoms with Gasteiger partial charge in [0.15, 0.2) is 0 Å². The highest BCUT2D eigenvalue weighted by molar-refractivity contribution is 6.21. The Bertz CT molecular complexity index is 1030. The van der Waals surface area contributed by atoms with Gasteiger partial charge in [-0.2, -0.15) is 8.78 Å². The monoisotopic (exact) mass is 473 g/mol. The molecule has 0 spiro atoms. The summed E-state index contributed by atoms with van der Waals surface area (Å²) in [5.41, 5.74) is 0.646. The minimum absolute atomic E-state index is 0.0159. The second-order valence-corrected chi connectivity index (χ2v) is 6.66. The molecular weight excluding hydrogens is 457 g/mol. The van der Waals surface area contributed by atoms with Crippen molar-refractivity contribution in [3.8, 4) is 5.75 Å². The first kappa shape index (κ1) is 24.3. The first-order chi connectivity index (χ1) is 15.7. The number of carbonyl (C=O) groups excluding carboxylic acids is 3. The van der Waals surface area contributed by atoms with Gasteiger partial charge in [-0.25, -0.2) is 13.2 Å². The normalized spacial score (nSPS) is 12.9. The van der Waals surface area contributed by atoms with Crippen LogP contribution >= 0.6 is 0 Å². The molecule has 0 aromatic heterocycles. The number of rotatable bonds is 10. The van der Waals surface area contributed by atoms with Crippen molar-refractivity contribution in [1.82, 2.24) is 4.90 Å². The molecule has 0 unspecified atom stereocenters. The second kappa shape index (κ2) is 10.5. The van der Waals surface area contributed by atoms with Crippen LogP contribution < -0.4 is 4.74 Å². The molecule has 0 radical (unpaired) electrons. The van der Waals surface area contributed by atoms with Crippen LogP contribution in [0.4, 0.5) is 22.0 Å². The van der Waals surface area contributed by atoms with Crippen molar-refractivity contribution in [2.75, 3.05) is 33.0 Å². The van der Waals surface area contributed by atoms with Gasteiger partial charge in [0.05, 0.1) is 50.5 Å². The van der Waals surface area contributed by atoms with Gasteiger partial charge in [-0.05, 0) is 12.1 Å². The number of imide groups is 1. The molecule has 0 N–H and O–H groups in total. The highest BCUT2D eigenvalue weighted by Gasteiger charge is 2.34. The zero-order valence-electron chi connectivity index (χ0n) is 16.8. The van der Waals surface area contributed by atoms with Crippen molar-refractivity contribution in [3.63, 3.8) is 0 Å². The molecular formula is C21H16F5NO6. The maximum atomic E-state index is 13.5. The maximum absolute atomic E-state index is 13.5. The van der Waals surface area contributed by atoms with Crippen LogP contribution in [-0.4, -0.2) is 55.7 Å². The molecule has 1 heterocycles. The van der Waals surface area contributed by atoms with Crippen LogP contribution in [0.15, 0.2) is 24.3 Å². The predicted molar refractivity (Wildman–Crippen MR) is 99.9 cm³/mol. The van der Waals surface area contributed by atoms with Crippen molar-refractivity contribution in [3.05, 3.63) is 64.5 Å². The Balaban J connectivity index is 1.33. The molecule has 7 nitrogen and oxygen atoms in total. The Morgan fingerprint density at radius 2 is 1.21 bits per heavy atom. The van der Waals surface area contributed by atoms with Gasteiger partial charge in [-0.3, -0.25) is 19.3 Å². The van der Waals surface area contributed by atoms with E-state index in [1.807, 2.05) is 0 Å². The van der Waals surface area contributed by atoms with Crippen LogP contribution in [0.1, 0.15) is 27.1 Å². The maximum Gasteiger partial charge on any atom is 0.313 e. The Morgan fingerprint density at radius 1 is 0.727 bits per heavy atom. The number of halogens is 5. The SMILES string of the molecule is O=C(CCOCCOCCN1C(=O)c2ccccc2C1=O)Oc1c(F)c(F)c(F)c(F)c1F. The van der Waals surface area contributed by atoms with Gasteiger partial charge in [0, 0.05) is 0 Å². The fourth-order valence-electron chi connectivity index (χ4n) is 2.91. The molecule has 0 aliphatic carbocycles. The first-order valence-corrected chi connectivity index (χ1v) is 9.56. The van der Waals surface area contributed by atoms with Crippen LogP contribution in [0.25, 0.3) is 0 Å². The summed E-state index contributed by atoms with van der Waals surface area (Å²) in [4.78, 5) is 37.0. The lowest BCUT2D eigenvalue weighted by Gasteiger charge is -2.13. The van der Waals surface area contributed by atoms with Gasteiger partial charge in [-0.1, -0.05) is 12.1 Å². The molecule has 2 amide bonds. The van der Waals surface area contributed by atoms with Gasteiger partial charge in [-0.15, -0.1) is 0 Å². The number of benzene rings is 2. The average molecular weight is 473 g/mol. The molecule has 1 aliphatic rings. The summed E-state index contributed by atoms with van der Waals surface area (Å²) >= 11 is 0. The van der Waals surface area contributed by atoms with Crippen LogP contribution in [-0.2, 0) is 14.3 Å². The number of fused-ring (bicyclic) bond motifs is 1. The highest BCUT2D eigenvalue weighted by atomic mass is 19.2. The van der Waals surface area contributed by atoms with Crippen molar-refractivity contribution >= 4 is 17.8 Å². The van der Waals surface area contributed by atoms with Crippen LogP contribution in [0.2, 0.25) is 0 Å². The largest absolute Gasteiger partial charge is 0.420 e. The predicted octanol–water partition coefficient (Wildman–Crippen LogP) is 3.01. The number of nitrogens with zero attached hydrogens (tertiary/aromatic N) is 1. The molecule has 2 aromatic rings. The van der Waals surface area contributed by atoms with E-state index in [4.69, 9.17) is 9.47 Å². The summed E-state index contributed by atoms with van der Waals surface area (Å²) in [6.07, 6.45) is -0.533. The van der Waals surface area contributed by atoms with E-state index in [-0.39, 0.29) is 33.0 Å². The topological polar surface area (TPSA) is 82.1 Å². The molecule has 0 fully saturated rings. The molecule has 0 atom stereocenters. The smallest absolute Gasteiger partial charge is 0.313 e. The van der Waals surface area contributed by atoms with E-state index >= 15 is 0 Å². The Labute approximate surface area is 183 Å². The van der Waals surface area contributed by atoms with Gasteiger partial charge in [0.25, 0.3) is 11.8 Å². The molecule has 176 valence electrons. The lowest BCUT2D eigenvalue weighted by Crippen LogP contribution is -2.33. The molecule has 3 rings (SSSR count). The van der Waals surface area contributed by atoms with E-state index in [9.17, 15) is 36.3 Å². The third kappa shape index (κ3) is 5.17. The summed E-state index contributed by atoms with van der Waals surface area (Å²) in [5.74, 6) is -15.1. The first-order valence-electron chi connectivity index (χ1n) is 9.56. The summed E-state index contributed by atoms with van der Waals surface area (Å²) in [6, 6.07) is 6.42. The number of amides is 2. The van der Waals surface area contributed by atoms with E-state index in [1.54, 1.807) is 24.3 Å². The van der Waals surface area contributed by atoms with Crippen molar-refractivity contribution < 1.29 is 50.5 Å². The summed E-state index contributed by atoms with van der Waals surface area (Å²) in [6.45, 7) is -0.193. The second-order valence-electron chi connectivity index (χ2n) is 6.66. The molecule has 2 aromatic carbocycles. The lowest BCUT2D eigenvalue weighted by atomic mass is 10.1. The van der Waals surface area contributed by atoms with E-state index in [0.717, 1.165) is 4.90 Å². The zero-order valence-corrected chi connectivity index (χ0v) is 16.8. The summed E-state index contributed by atoms with van der Waals surface area (Å²) in [7, 11) is 0. The summed E-state index contributed by atoms with van der Waals surface area (Å²) < 4.78 is 80.6. The standard InChI is InChI=1S/C21H16F5NO6/c22-14-15(23)17(25)19(18(26)16(14)24)33-13(28)5-7-31-9-10-32-8-6-27-20(29)11-3-1-2-4-12(11)21(27)30/h1-4H,5-10H2. The van der Waals surface area contributed by atoms with Crippen LogP contribution in [0, 0.1) is 29.1 Å². The number of hydrogen-bond donors (Lipinski definition) is 0. The molecule has 0 saturated carbocycles. The van der Waals surface area contributed by atoms with Gasteiger partial charge < -0.3 is 14.2 Å². The highest BCUT2D eigenvalue weighted by Crippen LogP contribution is 2.29.